The lowest BCUT2D eigenvalue weighted by Crippen LogP contribution is -2.14. The van der Waals surface area contributed by atoms with E-state index in [9.17, 15) is 0 Å². The van der Waals surface area contributed by atoms with Crippen LogP contribution in [0.25, 0.3) is 0 Å². The third-order valence-corrected chi connectivity index (χ3v) is 4.07. The van der Waals surface area contributed by atoms with Crippen molar-refractivity contribution in [1.82, 2.24) is 0 Å². The maximum absolute atomic E-state index is 5.94. The fourth-order valence-electron chi connectivity index (χ4n) is 2.65. The molecule has 116 valence electrons. The van der Waals surface area contributed by atoms with E-state index < -0.39 is 0 Å². The Hall–Kier alpha value is -1.13. The third-order valence-electron chi connectivity index (χ3n) is 3.83. The zero-order chi connectivity index (χ0) is 14.9. The van der Waals surface area contributed by atoms with E-state index in [1.54, 1.807) is 0 Å². The average molecular weight is 307 g/mol. The molecule has 1 aromatic carbocycles. The van der Waals surface area contributed by atoms with Crippen molar-refractivity contribution >= 4 is 17.2 Å². The Morgan fingerprint density at radius 3 is 2.62 bits per heavy atom. The molecule has 0 aromatic heterocycles. The molecule has 0 saturated heterocycles. The van der Waals surface area contributed by atoms with Crippen molar-refractivity contribution in [2.24, 2.45) is 5.73 Å². The summed E-state index contributed by atoms with van der Waals surface area (Å²) >= 11 is 4.96. The molecule has 0 heterocycles. The molecule has 21 heavy (non-hydrogen) atoms. The molecule has 4 heteroatoms. The predicted octanol–water partition coefficient (Wildman–Crippen LogP) is 3.83. The Labute approximate surface area is 132 Å². The van der Waals surface area contributed by atoms with E-state index in [-0.39, 0.29) is 0 Å². The minimum absolute atomic E-state index is 0.400. The molecular formula is C17H25NO2S. The van der Waals surface area contributed by atoms with Crippen LogP contribution in [0.2, 0.25) is 0 Å². The number of hydrogen-bond acceptors (Lipinski definition) is 3. The monoisotopic (exact) mass is 307 g/mol. The number of rotatable bonds is 7. The highest BCUT2D eigenvalue weighted by molar-refractivity contribution is 7.80. The molecule has 1 aliphatic carbocycles. The lowest BCUT2D eigenvalue weighted by molar-refractivity contribution is 0.0364. The van der Waals surface area contributed by atoms with Gasteiger partial charge in [-0.25, -0.2) is 0 Å². The van der Waals surface area contributed by atoms with E-state index in [0.29, 0.717) is 17.7 Å². The highest BCUT2D eigenvalue weighted by Gasteiger charge is 2.11. The first-order chi connectivity index (χ1) is 10.3. The Morgan fingerprint density at radius 1 is 1.14 bits per heavy atom. The van der Waals surface area contributed by atoms with Crippen molar-refractivity contribution in [1.29, 1.82) is 0 Å². The summed E-state index contributed by atoms with van der Waals surface area (Å²) < 4.78 is 11.7. The van der Waals surface area contributed by atoms with Gasteiger partial charge in [-0.3, -0.25) is 0 Å². The van der Waals surface area contributed by atoms with Gasteiger partial charge in [0.1, 0.15) is 10.7 Å². The zero-order valence-corrected chi connectivity index (χ0v) is 13.4. The Kier molecular flexibility index (Phi) is 6.96. The fraction of sp³-hybridized carbons (Fsp3) is 0.588. The molecule has 0 unspecified atom stereocenters. The molecular weight excluding hydrogens is 282 g/mol. The van der Waals surface area contributed by atoms with Gasteiger partial charge in [0.15, 0.2) is 0 Å². The van der Waals surface area contributed by atoms with Crippen LogP contribution in [0.4, 0.5) is 0 Å². The molecule has 2 rings (SSSR count). The summed E-state index contributed by atoms with van der Waals surface area (Å²) in [6.45, 7) is 1.44. The predicted molar refractivity (Wildman–Crippen MR) is 89.9 cm³/mol. The first kappa shape index (κ1) is 16.2. The van der Waals surface area contributed by atoms with Gasteiger partial charge in [-0.15, -0.1) is 0 Å². The van der Waals surface area contributed by atoms with Crippen molar-refractivity contribution in [3.8, 4) is 5.75 Å². The average Bonchev–Trinajstić information content (AvgIpc) is 2.76. The smallest absolute Gasteiger partial charge is 0.119 e. The fourth-order valence-corrected chi connectivity index (χ4v) is 2.77. The van der Waals surface area contributed by atoms with Crippen LogP contribution in [0, 0.1) is 0 Å². The van der Waals surface area contributed by atoms with Gasteiger partial charge in [-0.1, -0.05) is 50.0 Å². The van der Waals surface area contributed by atoms with Crippen LogP contribution in [0.5, 0.6) is 5.75 Å². The standard InChI is InChI=1S/C17H25NO2S/c18-17(21)14-7-5-10-16(13-14)20-12-6-11-19-15-8-3-1-2-4-9-15/h5,7,10,13,15H,1-4,6,8-9,11-12H2,(H2,18,21). The van der Waals surface area contributed by atoms with Gasteiger partial charge in [0.05, 0.1) is 19.3 Å². The van der Waals surface area contributed by atoms with Crippen LogP contribution in [-0.2, 0) is 4.74 Å². The lowest BCUT2D eigenvalue weighted by Gasteiger charge is -2.15. The molecule has 0 bridgehead atoms. The van der Waals surface area contributed by atoms with E-state index in [4.69, 9.17) is 27.4 Å². The van der Waals surface area contributed by atoms with Gasteiger partial charge in [0, 0.05) is 12.0 Å². The molecule has 0 spiro atoms. The van der Waals surface area contributed by atoms with Crippen LogP contribution in [0.15, 0.2) is 24.3 Å². The zero-order valence-electron chi connectivity index (χ0n) is 12.6. The van der Waals surface area contributed by atoms with Crippen molar-refractivity contribution < 1.29 is 9.47 Å². The Morgan fingerprint density at radius 2 is 1.90 bits per heavy atom. The second kappa shape index (κ2) is 9.00. The summed E-state index contributed by atoms with van der Waals surface area (Å²) in [6.07, 6.45) is 9.16. The normalized spacial score (nSPS) is 16.4. The van der Waals surface area contributed by atoms with Crippen LogP contribution >= 0.6 is 12.2 Å². The van der Waals surface area contributed by atoms with Crippen LogP contribution in [0.3, 0.4) is 0 Å². The van der Waals surface area contributed by atoms with Crippen LogP contribution in [0.1, 0.15) is 50.5 Å². The van der Waals surface area contributed by atoms with Gasteiger partial charge >= 0.3 is 0 Å². The van der Waals surface area contributed by atoms with Crippen LogP contribution < -0.4 is 10.5 Å². The summed E-state index contributed by atoms with van der Waals surface area (Å²) in [5, 5.41) is 0. The van der Waals surface area contributed by atoms with Gasteiger partial charge in [-0.2, -0.15) is 0 Å². The minimum Gasteiger partial charge on any atom is -0.493 e. The molecule has 1 aromatic rings. The summed E-state index contributed by atoms with van der Waals surface area (Å²) in [7, 11) is 0. The topological polar surface area (TPSA) is 44.5 Å². The van der Waals surface area contributed by atoms with E-state index in [1.165, 1.54) is 38.5 Å². The number of hydrogen-bond donors (Lipinski definition) is 1. The van der Waals surface area contributed by atoms with E-state index in [2.05, 4.69) is 0 Å². The molecule has 1 aliphatic rings. The van der Waals surface area contributed by atoms with Gasteiger partial charge < -0.3 is 15.2 Å². The number of thiocarbonyl (C=S) groups is 1. The summed E-state index contributed by atoms with van der Waals surface area (Å²) in [4.78, 5) is 0.400. The maximum atomic E-state index is 5.94. The van der Waals surface area contributed by atoms with E-state index in [0.717, 1.165) is 24.3 Å². The maximum Gasteiger partial charge on any atom is 0.119 e. The molecule has 0 atom stereocenters. The molecule has 3 nitrogen and oxygen atoms in total. The van der Waals surface area contributed by atoms with Gasteiger partial charge in [-0.05, 0) is 25.0 Å². The van der Waals surface area contributed by atoms with Crippen molar-refractivity contribution in [2.45, 2.75) is 51.0 Å². The molecule has 0 radical (unpaired) electrons. The third kappa shape index (κ3) is 6.02. The lowest BCUT2D eigenvalue weighted by atomic mass is 10.1. The largest absolute Gasteiger partial charge is 0.493 e. The summed E-state index contributed by atoms with van der Waals surface area (Å²) in [5.41, 5.74) is 6.45. The Balaban J connectivity index is 1.63. The van der Waals surface area contributed by atoms with Crippen molar-refractivity contribution in [3.63, 3.8) is 0 Å². The van der Waals surface area contributed by atoms with Crippen molar-refractivity contribution in [2.75, 3.05) is 13.2 Å². The molecule has 1 fully saturated rings. The van der Waals surface area contributed by atoms with Gasteiger partial charge in [0.25, 0.3) is 0 Å². The molecule has 2 N–H and O–H groups in total. The highest BCUT2D eigenvalue weighted by atomic mass is 32.1. The SMILES string of the molecule is NC(=S)c1cccc(OCCCOC2CCCCCC2)c1. The first-order valence-corrected chi connectivity index (χ1v) is 8.31. The summed E-state index contributed by atoms with van der Waals surface area (Å²) in [5.74, 6) is 0.815. The molecule has 0 amide bonds. The van der Waals surface area contributed by atoms with Crippen molar-refractivity contribution in [3.05, 3.63) is 29.8 Å². The first-order valence-electron chi connectivity index (χ1n) is 7.90. The van der Waals surface area contributed by atoms with Gasteiger partial charge in [0.2, 0.25) is 0 Å². The minimum atomic E-state index is 0.400. The summed E-state index contributed by atoms with van der Waals surface area (Å²) in [6, 6.07) is 7.61. The Bertz CT molecular complexity index is 442. The number of nitrogens with two attached hydrogens (primary N) is 1. The van der Waals surface area contributed by atoms with E-state index in [1.807, 2.05) is 24.3 Å². The second-order valence-electron chi connectivity index (χ2n) is 5.58. The molecule has 1 saturated carbocycles. The van der Waals surface area contributed by atoms with Crippen LogP contribution in [-0.4, -0.2) is 24.3 Å². The quantitative estimate of drug-likeness (QED) is 0.472. The van der Waals surface area contributed by atoms with E-state index >= 15 is 0 Å². The highest BCUT2D eigenvalue weighted by Crippen LogP contribution is 2.20. The second-order valence-corrected chi connectivity index (χ2v) is 6.02. The molecule has 0 aliphatic heterocycles. The number of ether oxygens (including phenoxy) is 2. The number of benzene rings is 1.